The maximum atomic E-state index is 14.3. The molecule has 4 N–H and O–H groups in total. The maximum Gasteiger partial charge on any atom is 0.408 e. The number of carbonyl (C=O) groups is 4. The molecule has 2 aliphatic carbocycles. The van der Waals surface area contributed by atoms with Crippen molar-refractivity contribution in [2.24, 2.45) is 34.5 Å². The second-order valence-corrected chi connectivity index (χ2v) is 30.5. The zero-order valence-electron chi connectivity index (χ0n) is 61.5. The van der Waals surface area contributed by atoms with Crippen LogP contribution in [0.5, 0.6) is 23.3 Å². The van der Waals surface area contributed by atoms with Gasteiger partial charge in [-0.05, 0) is 143 Å². The zero-order valence-corrected chi connectivity index (χ0v) is 64.3. The number of amides is 4. The molecular formula is C76H100N14O12V2-2. The molecule has 558 valence electrons. The van der Waals surface area contributed by atoms with E-state index in [0.29, 0.717) is 98.2 Å². The topological polar surface area (TPSA) is 316 Å². The number of nitrogens with one attached hydrogen (secondary N) is 4. The van der Waals surface area contributed by atoms with Crippen LogP contribution in [-0.2, 0) is 78.6 Å². The molecule has 8 heterocycles. The third-order valence-electron chi connectivity index (χ3n) is 21.0. The molecule has 2 saturated heterocycles. The quantitative estimate of drug-likeness (QED) is 0.0581. The molecule has 4 amide bonds. The molecule has 0 spiro atoms. The molecule has 4 bridgehead atoms. The van der Waals surface area contributed by atoms with Crippen LogP contribution in [0.2, 0.25) is 0 Å². The average Bonchev–Trinajstić information content (AvgIpc) is 1.60. The van der Waals surface area contributed by atoms with Crippen molar-refractivity contribution in [2.45, 2.75) is 220 Å². The van der Waals surface area contributed by atoms with Gasteiger partial charge in [0, 0.05) is 79.9 Å². The van der Waals surface area contributed by atoms with Gasteiger partial charge in [-0.25, -0.2) is 62.0 Å². The van der Waals surface area contributed by atoms with Crippen molar-refractivity contribution in [2.75, 3.05) is 50.0 Å². The summed E-state index contributed by atoms with van der Waals surface area (Å²) >= 11 is 0. The monoisotopic (exact) mass is 1500 g/mol. The summed E-state index contributed by atoms with van der Waals surface area (Å²) < 4.78 is 37.4. The number of aryl methyl sites for hydroxylation is 2. The molecule has 12 atom stereocenters. The van der Waals surface area contributed by atoms with Gasteiger partial charge in [-0.3, -0.25) is 9.59 Å². The van der Waals surface area contributed by atoms with Gasteiger partial charge in [0.1, 0.15) is 71.6 Å². The van der Waals surface area contributed by atoms with Crippen molar-refractivity contribution < 1.29 is 94.3 Å². The number of fused-ring (bicyclic) bond motifs is 10. The Morgan fingerprint density at radius 2 is 0.981 bits per heavy atom. The number of carbonyl (C=O) groups excluding carboxylic acids is 6. The van der Waals surface area contributed by atoms with Gasteiger partial charge >= 0.3 is 12.2 Å². The number of alkyl carbamates (subject to hydrolysis) is 2. The largest absolute Gasteiger partial charge is 0.540 e. The Morgan fingerprint density at radius 3 is 1.40 bits per heavy atom. The molecule has 6 aliphatic rings. The third-order valence-corrected chi connectivity index (χ3v) is 21.0. The van der Waals surface area contributed by atoms with E-state index < -0.39 is 70.6 Å². The van der Waals surface area contributed by atoms with Crippen LogP contribution in [0.1, 0.15) is 171 Å². The van der Waals surface area contributed by atoms with E-state index in [4.69, 9.17) is 48.4 Å². The molecule has 2 aromatic carbocycles. The van der Waals surface area contributed by atoms with E-state index in [9.17, 15) is 28.8 Å². The smallest absolute Gasteiger partial charge is 0.408 e. The van der Waals surface area contributed by atoms with Gasteiger partial charge in [-0.1, -0.05) is 106 Å². The maximum absolute atomic E-state index is 14.3. The van der Waals surface area contributed by atoms with Crippen molar-refractivity contribution in [1.82, 2.24) is 60.3 Å². The minimum atomic E-state index is -0.931. The number of ether oxygens (including phenoxy) is 6. The predicted molar refractivity (Wildman–Crippen MR) is 382 cm³/mol. The van der Waals surface area contributed by atoms with Gasteiger partial charge in [0.2, 0.25) is 35.5 Å². The van der Waals surface area contributed by atoms with Crippen LogP contribution in [0.15, 0.2) is 73.3 Å². The number of aromatic nitrogens is 8. The Morgan fingerprint density at radius 1 is 0.558 bits per heavy atom. The third kappa shape index (κ3) is 19.6. The fourth-order valence-electron chi connectivity index (χ4n) is 15.1. The van der Waals surface area contributed by atoms with Gasteiger partial charge in [0.05, 0.1) is 48.2 Å². The molecule has 0 unspecified atom stereocenters. The number of benzene rings is 2. The Kier molecular flexibility index (Phi) is 27.3. The molecule has 4 aliphatic heterocycles. The summed E-state index contributed by atoms with van der Waals surface area (Å²) in [5.41, 5.74) is 1.69. The van der Waals surface area contributed by atoms with Gasteiger partial charge < -0.3 is 69.1 Å². The standard InChI is InChI=1S/C39H52N7O6.C37H48N7O6.2V/c1-6-27-31(24-47)46-23-32(27)51-34-29(43-28-16-15-26(22-30(28)44-34)50-21-20-42-36-40-18-11-19-41-36)14-9-7-8-12-25-13-10-17-39(25,5)52-37(49)45-33(35(46)48)38(2,3)4;1-6-25-29(22-45)44-21-30(25)49-32-27(41-26-14-13-24(19-28(26)42-32)48-18-17-40-34-38-15-10-16-39-34)12-9-7-8-11-23-20-37(23,5)50-35(47)43-31(33(44)46)36(2,3)4;;/h11,15-16,18-19,22,25,27,31-33H,6-10,12-14,17,20-21,23H2,1-5H3,(H,45,49)(H,40,41,42);10,13-16,19,23,25,29-31H,6-9,11-12,17-18,20-21H2,1-5H3,(H,43,47)(H,38,39,40);;/q2*-1;;/t25-,27+,31-,32+,33-,39-;23-,25+,29-,30+,31-,37-;;/m11../s1. The minimum absolute atomic E-state index is 0. The molecule has 2 saturated carbocycles. The fourth-order valence-corrected chi connectivity index (χ4v) is 15.1. The Labute approximate surface area is 633 Å². The zero-order chi connectivity index (χ0) is 72.3. The molecule has 26 nitrogen and oxygen atoms in total. The predicted octanol–water partition coefficient (Wildman–Crippen LogP) is 10.9. The van der Waals surface area contributed by atoms with Crippen LogP contribution in [0.25, 0.3) is 22.1 Å². The first-order valence-corrected chi connectivity index (χ1v) is 36.5. The van der Waals surface area contributed by atoms with Crippen LogP contribution in [0, 0.1) is 34.5 Å². The van der Waals surface area contributed by atoms with Gasteiger partial charge in [-0.2, -0.15) is 0 Å². The summed E-state index contributed by atoms with van der Waals surface area (Å²) in [7, 11) is 0. The summed E-state index contributed by atoms with van der Waals surface area (Å²) in [4.78, 5) is 120. The van der Waals surface area contributed by atoms with Crippen LogP contribution >= 0.6 is 0 Å². The average molecular weight is 1500 g/mol. The molecule has 104 heavy (non-hydrogen) atoms. The van der Waals surface area contributed by atoms with Crippen LogP contribution in [0.4, 0.5) is 21.5 Å². The second-order valence-electron chi connectivity index (χ2n) is 30.5. The van der Waals surface area contributed by atoms with Crippen molar-refractivity contribution >= 4 is 70.5 Å². The van der Waals surface area contributed by atoms with E-state index in [-0.39, 0.29) is 85.7 Å². The van der Waals surface area contributed by atoms with Gasteiger partial charge in [-0.15, -0.1) is 0 Å². The molecule has 12 rings (SSSR count). The van der Waals surface area contributed by atoms with E-state index in [1.54, 1.807) is 36.9 Å². The summed E-state index contributed by atoms with van der Waals surface area (Å²) in [6.45, 7) is 21.3. The molecule has 4 aromatic heterocycles. The van der Waals surface area contributed by atoms with E-state index >= 15 is 0 Å². The van der Waals surface area contributed by atoms with Gasteiger partial charge in [0.25, 0.3) is 0 Å². The molecule has 28 heteroatoms. The van der Waals surface area contributed by atoms with Crippen molar-refractivity contribution in [3.8, 4) is 23.3 Å². The number of anilines is 2. The number of rotatable bonds is 14. The molecule has 4 fully saturated rings. The van der Waals surface area contributed by atoms with Gasteiger partial charge in [0.15, 0.2) is 0 Å². The van der Waals surface area contributed by atoms with Crippen LogP contribution < -0.4 is 40.2 Å². The minimum Gasteiger partial charge on any atom is -0.540 e. The first kappa shape index (κ1) is 80.2. The Hall–Kier alpha value is -7.93. The van der Waals surface area contributed by atoms with Crippen molar-refractivity contribution in [3.05, 3.63) is 84.7 Å². The SMILES string of the molecule is CC[C@@H]1[C@@H]2CN(C(=O)[C@H](C(C)(C)C)NC(=O)O[C@]3(C)CCC[C@H]3CCCCCc3nc4ccc(OCCNc5ncccn5)cc4nc3O2)[C@@H]1[C-]=O.CC[C@@H]1[C@@H]2CN(C(=O)[C@H](C(C)(C)C)NC(=O)O[C@]3(C)C[C@H]3CCCCCc3nc4ccc(OCCNc5ncccn5)cc4nc3O2)[C@@H]1[C-]=O.[V].[V]. The fraction of sp³-hybridized carbons (Fsp3) is 0.605. The normalized spacial score (nSPS) is 26.9. The first-order valence-electron chi connectivity index (χ1n) is 36.5. The van der Waals surface area contributed by atoms with Crippen LogP contribution in [-0.4, -0.2) is 173 Å². The first-order chi connectivity index (χ1) is 49.0. The Bertz CT molecular complexity index is 3910. The number of hydrogen-bond acceptors (Lipinski definition) is 22. The van der Waals surface area contributed by atoms with E-state index in [1.165, 1.54) is 9.80 Å². The van der Waals surface area contributed by atoms with E-state index in [2.05, 4.69) is 53.8 Å². The summed E-state index contributed by atoms with van der Waals surface area (Å²) in [6.07, 6.45) is 22.3. The summed E-state index contributed by atoms with van der Waals surface area (Å²) in [5, 5.41) is 12.0. The number of nitrogens with zero attached hydrogens (tertiary/aromatic N) is 10. The molecule has 6 aromatic rings. The Balaban J connectivity index is 0.000000237. The van der Waals surface area contributed by atoms with Crippen LogP contribution in [0.3, 0.4) is 0 Å². The van der Waals surface area contributed by atoms with E-state index in [0.717, 1.165) is 99.5 Å². The molecule has 2 radical (unpaired) electrons. The second kappa shape index (κ2) is 35.4. The molecular weight excluding hydrogens is 1400 g/mol. The van der Waals surface area contributed by atoms with Crippen molar-refractivity contribution in [1.29, 1.82) is 0 Å². The van der Waals surface area contributed by atoms with E-state index in [1.807, 2.05) is 106 Å². The van der Waals surface area contributed by atoms with Crippen molar-refractivity contribution in [3.63, 3.8) is 0 Å². The summed E-state index contributed by atoms with van der Waals surface area (Å²) in [6, 6.07) is 11.2. The number of hydrogen-bond donors (Lipinski definition) is 4. The summed E-state index contributed by atoms with van der Waals surface area (Å²) in [5.74, 6) is 2.22.